The Morgan fingerprint density at radius 3 is 2.59 bits per heavy atom. The maximum Gasteiger partial charge on any atom is 0.365 e. The van der Waals surface area contributed by atoms with Crippen LogP contribution in [0.2, 0.25) is 0 Å². The fraction of sp³-hybridized carbons (Fsp3) is 0.600. The van der Waals surface area contributed by atoms with Gasteiger partial charge in [0.2, 0.25) is 5.01 Å². The maximum atomic E-state index is 10.6. The molecule has 1 aromatic rings. The molecule has 0 saturated carbocycles. The smallest absolute Gasteiger partial charge is 0.365 e. The number of carboxylic acid groups (broad SMARTS) is 1. The van der Waals surface area contributed by atoms with E-state index in [9.17, 15) is 15.0 Å². The summed E-state index contributed by atoms with van der Waals surface area (Å²) >= 11 is 1.06. The fourth-order valence-electron chi connectivity index (χ4n) is 1.27. The van der Waals surface area contributed by atoms with Crippen molar-refractivity contribution in [3.8, 4) is 0 Å². The van der Waals surface area contributed by atoms with E-state index >= 15 is 0 Å². The summed E-state index contributed by atoms with van der Waals surface area (Å²) in [6.45, 7) is 1.80. The van der Waals surface area contributed by atoms with E-state index in [-0.39, 0.29) is 18.2 Å². The Bertz CT molecular complexity index is 368. The minimum Gasteiger partial charge on any atom is -0.476 e. The predicted molar refractivity (Wildman–Crippen MR) is 63.1 cm³/mol. The lowest BCUT2D eigenvalue weighted by Gasteiger charge is -2.29. The normalized spacial score (nSPS) is 11.7. The minimum absolute atomic E-state index is 0.0388. The van der Waals surface area contributed by atoms with Gasteiger partial charge in [0.15, 0.2) is 0 Å². The topological polar surface area (TPSA) is 103 Å². The molecule has 0 aromatic carbocycles. The molecule has 17 heavy (non-hydrogen) atoms. The number of aliphatic hydroxyl groups excluding tert-OH is 2. The number of aromatic carboxylic acids is 1. The summed E-state index contributed by atoms with van der Waals surface area (Å²) in [7, 11) is 0. The number of carboxylic acids is 1. The van der Waals surface area contributed by atoms with Gasteiger partial charge >= 0.3 is 5.97 Å². The average molecular weight is 260 g/mol. The van der Waals surface area contributed by atoms with Crippen molar-refractivity contribution in [3.63, 3.8) is 0 Å². The van der Waals surface area contributed by atoms with Crippen molar-refractivity contribution < 1.29 is 20.1 Å². The van der Waals surface area contributed by atoms with Crippen LogP contribution in [0.4, 0.5) is 0 Å². The van der Waals surface area contributed by atoms with Crippen LogP contribution < -0.4 is 5.32 Å². The quantitative estimate of drug-likeness (QED) is 0.553. The van der Waals surface area contributed by atoms with Crippen LogP contribution in [-0.4, -0.2) is 45.0 Å². The van der Waals surface area contributed by atoms with E-state index in [1.54, 1.807) is 5.38 Å². The molecule has 7 heteroatoms. The first-order valence-electron chi connectivity index (χ1n) is 5.21. The number of nitrogens with zero attached hydrogens (tertiary/aromatic N) is 1. The van der Waals surface area contributed by atoms with Crippen LogP contribution in [0.25, 0.3) is 0 Å². The molecule has 1 rings (SSSR count). The van der Waals surface area contributed by atoms with Crippen LogP contribution in [0.5, 0.6) is 0 Å². The number of nitrogens with one attached hydrogen (secondary N) is 1. The van der Waals surface area contributed by atoms with Gasteiger partial charge in [0.1, 0.15) is 0 Å². The third kappa shape index (κ3) is 3.47. The lowest BCUT2D eigenvalue weighted by Crippen LogP contribution is -2.50. The first-order chi connectivity index (χ1) is 8.06. The Hall–Kier alpha value is -1.02. The number of hydrogen-bond acceptors (Lipinski definition) is 6. The largest absolute Gasteiger partial charge is 0.476 e. The van der Waals surface area contributed by atoms with Crippen LogP contribution >= 0.6 is 11.3 Å². The molecule has 0 amide bonds. The van der Waals surface area contributed by atoms with E-state index in [2.05, 4.69) is 10.3 Å². The molecule has 0 aliphatic heterocycles. The van der Waals surface area contributed by atoms with E-state index in [0.29, 0.717) is 18.7 Å². The van der Waals surface area contributed by atoms with E-state index in [1.165, 1.54) is 0 Å². The zero-order valence-corrected chi connectivity index (χ0v) is 10.3. The van der Waals surface area contributed by atoms with Crippen LogP contribution in [0.3, 0.4) is 0 Å². The summed E-state index contributed by atoms with van der Waals surface area (Å²) in [4.78, 5) is 14.5. The zero-order valence-electron chi connectivity index (χ0n) is 9.51. The number of hydrogen-bond donors (Lipinski definition) is 4. The third-order valence-corrected chi connectivity index (χ3v) is 3.54. The summed E-state index contributed by atoms with van der Waals surface area (Å²) in [5.74, 6) is -1.05. The van der Waals surface area contributed by atoms with Gasteiger partial charge in [-0.1, -0.05) is 6.92 Å². The molecule has 0 spiro atoms. The molecule has 0 radical (unpaired) electrons. The van der Waals surface area contributed by atoms with Gasteiger partial charge in [-0.15, -0.1) is 11.3 Å². The summed E-state index contributed by atoms with van der Waals surface area (Å²) in [6.07, 6.45) is 0.565. The maximum absolute atomic E-state index is 10.6. The molecule has 1 aromatic heterocycles. The fourth-order valence-corrected chi connectivity index (χ4v) is 1.93. The highest BCUT2D eigenvalue weighted by molar-refractivity contribution is 7.11. The first-order valence-corrected chi connectivity index (χ1v) is 6.09. The SMILES string of the molecule is CCC(CO)(CO)NCc1csc(C(=O)O)n1. The molecule has 4 N–H and O–H groups in total. The molecular formula is C10H16N2O4S. The molecule has 0 atom stereocenters. The lowest BCUT2D eigenvalue weighted by molar-refractivity contribution is 0.0695. The molecule has 0 aliphatic carbocycles. The molecule has 0 saturated heterocycles. The van der Waals surface area contributed by atoms with E-state index in [1.807, 2.05) is 6.92 Å². The van der Waals surface area contributed by atoms with Crippen LogP contribution in [0.15, 0.2) is 5.38 Å². The van der Waals surface area contributed by atoms with Crippen molar-refractivity contribution >= 4 is 17.3 Å². The third-order valence-electron chi connectivity index (χ3n) is 2.66. The zero-order chi connectivity index (χ0) is 12.9. The van der Waals surface area contributed by atoms with E-state index in [4.69, 9.17) is 5.11 Å². The second kappa shape index (κ2) is 6.06. The molecule has 96 valence electrons. The van der Waals surface area contributed by atoms with Gasteiger partial charge in [-0.3, -0.25) is 0 Å². The Kier molecular flexibility index (Phi) is 5.01. The summed E-state index contributed by atoms with van der Waals surface area (Å²) in [5.41, 5.74) is -0.153. The predicted octanol–water partition coefficient (Wildman–Crippen LogP) is 0.0643. The number of thiazole rings is 1. The van der Waals surface area contributed by atoms with Crippen LogP contribution in [0.1, 0.15) is 28.8 Å². The van der Waals surface area contributed by atoms with Gasteiger partial charge in [0.25, 0.3) is 0 Å². The van der Waals surface area contributed by atoms with Crippen LogP contribution in [-0.2, 0) is 6.54 Å². The lowest BCUT2D eigenvalue weighted by atomic mass is 9.98. The highest BCUT2D eigenvalue weighted by Crippen LogP contribution is 2.13. The van der Waals surface area contributed by atoms with Gasteiger partial charge in [0.05, 0.1) is 24.4 Å². The number of aliphatic hydroxyl groups is 2. The number of rotatable bonds is 7. The van der Waals surface area contributed by atoms with Gasteiger partial charge < -0.3 is 20.6 Å². The summed E-state index contributed by atoms with van der Waals surface area (Å²) < 4.78 is 0. The van der Waals surface area contributed by atoms with E-state index < -0.39 is 11.5 Å². The molecule has 0 unspecified atom stereocenters. The summed E-state index contributed by atoms with van der Waals surface area (Å²) in [5, 5.41) is 31.8. The molecule has 0 bridgehead atoms. The highest BCUT2D eigenvalue weighted by Gasteiger charge is 2.26. The Balaban J connectivity index is 2.62. The minimum atomic E-state index is -1.05. The van der Waals surface area contributed by atoms with Crippen molar-refractivity contribution in [3.05, 3.63) is 16.1 Å². The van der Waals surface area contributed by atoms with Crippen molar-refractivity contribution in [2.24, 2.45) is 0 Å². The first kappa shape index (κ1) is 14.0. The standard InChI is InChI=1S/C10H16N2O4S/c1-2-10(5-13,6-14)11-3-7-4-17-8(12-7)9(15)16/h4,11,13-14H,2-3,5-6H2,1H3,(H,15,16). The number of carbonyl (C=O) groups is 1. The van der Waals surface area contributed by atoms with Crippen molar-refractivity contribution in [2.75, 3.05) is 13.2 Å². The molecule has 0 fully saturated rings. The second-order valence-electron chi connectivity index (χ2n) is 3.75. The highest BCUT2D eigenvalue weighted by atomic mass is 32.1. The second-order valence-corrected chi connectivity index (χ2v) is 4.61. The summed E-state index contributed by atoms with van der Waals surface area (Å²) in [6, 6.07) is 0. The molecular weight excluding hydrogens is 244 g/mol. The van der Waals surface area contributed by atoms with Crippen molar-refractivity contribution in [1.82, 2.24) is 10.3 Å². The average Bonchev–Trinajstić information content (AvgIpc) is 2.81. The molecule has 1 heterocycles. The Morgan fingerprint density at radius 1 is 1.53 bits per heavy atom. The van der Waals surface area contributed by atoms with E-state index in [0.717, 1.165) is 11.3 Å². The Morgan fingerprint density at radius 2 is 2.18 bits per heavy atom. The van der Waals surface area contributed by atoms with Gasteiger partial charge in [0, 0.05) is 11.9 Å². The van der Waals surface area contributed by atoms with Crippen molar-refractivity contribution in [1.29, 1.82) is 0 Å². The molecule has 6 nitrogen and oxygen atoms in total. The van der Waals surface area contributed by atoms with Crippen molar-refractivity contribution in [2.45, 2.75) is 25.4 Å². The van der Waals surface area contributed by atoms with Gasteiger partial charge in [-0.2, -0.15) is 0 Å². The van der Waals surface area contributed by atoms with Gasteiger partial charge in [-0.05, 0) is 6.42 Å². The van der Waals surface area contributed by atoms with Crippen LogP contribution in [0, 0.1) is 0 Å². The van der Waals surface area contributed by atoms with Gasteiger partial charge in [-0.25, -0.2) is 9.78 Å². The Labute approximate surface area is 103 Å². The number of aromatic nitrogens is 1. The monoisotopic (exact) mass is 260 g/mol. The molecule has 0 aliphatic rings.